The highest BCUT2D eigenvalue weighted by atomic mass is 19.1. The van der Waals surface area contributed by atoms with Gasteiger partial charge in [-0.15, -0.1) is 0 Å². The van der Waals surface area contributed by atoms with Crippen LogP contribution in [0.25, 0.3) is 0 Å². The number of methoxy groups -OCH3 is 1. The van der Waals surface area contributed by atoms with Crippen LogP contribution in [0.3, 0.4) is 0 Å². The zero-order valence-corrected chi connectivity index (χ0v) is 10.3. The molecule has 1 aromatic rings. The van der Waals surface area contributed by atoms with Crippen LogP contribution in [0.1, 0.15) is 18.4 Å². The minimum Gasteiger partial charge on any atom is -0.497 e. The van der Waals surface area contributed by atoms with E-state index in [1.54, 1.807) is 7.11 Å². The molecule has 0 aromatic heterocycles. The third kappa shape index (κ3) is 3.42. The van der Waals surface area contributed by atoms with Crippen LogP contribution in [0, 0.1) is 17.6 Å². The molecule has 0 heterocycles. The van der Waals surface area contributed by atoms with Crippen molar-refractivity contribution in [3.05, 3.63) is 59.4 Å². The third-order valence-corrected chi connectivity index (χ3v) is 3.12. The molecule has 0 bridgehead atoms. The Morgan fingerprint density at radius 3 is 2.50 bits per heavy atom. The van der Waals surface area contributed by atoms with E-state index < -0.39 is 11.6 Å². The monoisotopic (exact) mass is 250 g/mol. The zero-order valence-electron chi connectivity index (χ0n) is 10.3. The molecule has 0 aliphatic heterocycles. The second-order valence-electron chi connectivity index (χ2n) is 4.48. The van der Waals surface area contributed by atoms with Crippen molar-refractivity contribution in [3.8, 4) is 0 Å². The zero-order chi connectivity index (χ0) is 13.0. The van der Waals surface area contributed by atoms with Crippen molar-refractivity contribution in [2.75, 3.05) is 7.11 Å². The van der Waals surface area contributed by atoms with Crippen LogP contribution in [-0.4, -0.2) is 7.11 Å². The van der Waals surface area contributed by atoms with Gasteiger partial charge in [0.05, 0.1) is 7.11 Å². The van der Waals surface area contributed by atoms with Crippen LogP contribution in [0.5, 0.6) is 0 Å². The van der Waals surface area contributed by atoms with Gasteiger partial charge in [-0.2, -0.15) is 0 Å². The van der Waals surface area contributed by atoms with E-state index in [1.807, 2.05) is 12.2 Å². The first-order valence-electron chi connectivity index (χ1n) is 6.04. The lowest BCUT2D eigenvalue weighted by molar-refractivity contribution is 0.301. The second-order valence-corrected chi connectivity index (χ2v) is 4.48. The van der Waals surface area contributed by atoms with E-state index in [0.717, 1.165) is 24.7 Å². The fourth-order valence-electron chi connectivity index (χ4n) is 2.12. The van der Waals surface area contributed by atoms with Gasteiger partial charge >= 0.3 is 0 Å². The molecule has 1 aromatic carbocycles. The summed E-state index contributed by atoms with van der Waals surface area (Å²) < 4.78 is 31.1. The molecule has 18 heavy (non-hydrogen) atoms. The van der Waals surface area contributed by atoms with Crippen LogP contribution in [-0.2, 0) is 11.2 Å². The van der Waals surface area contributed by atoms with Crippen LogP contribution < -0.4 is 0 Å². The van der Waals surface area contributed by atoms with Crippen molar-refractivity contribution in [1.82, 2.24) is 0 Å². The van der Waals surface area contributed by atoms with Crippen LogP contribution in [0.2, 0.25) is 0 Å². The van der Waals surface area contributed by atoms with Gasteiger partial charge in [0.1, 0.15) is 17.4 Å². The standard InChI is InChI=1S/C15H16F2O/c1-18-15-6-4-11(5-7-15)2-3-12-8-13(16)10-14(17)9-12/h4,6-11H,2-3,5H2,1H3. The molecule has 0 radical (unpaired) electrons. The largest absolute Gasteiger partial charge is 0.497 e. The van der Waals surface area contributed by atoms with Crippen molar-refractivity contribution < 1.29 is 13.5 Å². The van der Waals surface area contributed by atoms with Gasteiger partial charge < -0.3 is 4.74 Å². The number of aryl methyl sites for hydroxylation is 1. The molecule has 1 aliphatic carbocycles. The molecule has 1 unspecified atom stereocenters. The molecule has 0 fully saturated rings. The first kappa shape index (κ1) is 12.8. The number of benzene rings is 1. The van der Waals surface area contributed by atoms with Crippen molar-refractivity contribution in [3.63, 3.8) is 0 Å². The SMILES string of the molecule is COC1=CCC(CCc2cc(F)cc(F)c2)C=C1. The lowest BCUT2D eigenvalue weighted by Gasteiger charge is -2.15. The van der Waals surface area contributed by atoms with Crippen molar-refractivity contribution in [1.29, 1.82) is 0 Å². The van der Waals surface area contributed by atoms with E-state index in [9.17, 15) is 8.78 Å². The Balaban J connectivity index is 1.89. The highest BCUT2D eigenvalue weighted by Gasteiger charge is 2.10. The smallest absolute Gasteiger partial charge is 0.126 e. The normalized spacial score (nSPS) is 18.6. The average molecular weight is 250 g/mol. The maximum absolute atomic E-state index is 13.0. The van der Waals surface area contributed by atoms with Crippen LogP contribution in [0.4, 0.5) is 8.78 Å². The van der Waals surface area contributed by atoms with Crippen LogP contribution >= 0.6 is 0 Å². The molecule has 0 saturated carbocycles. The predicted molar refractivity (Wildman–Crippen MR) is 67.0 cm³/mol. The van der Waals surface area contributed by atoms with Gasteiger partial charge in [0.25, 0.3) is 0 Å². The fourth-order valence-corrected chi connectivity index (χ4v) is 2.12. The topological polar surface area (TPSA) is 9.23 Å². The Morgan fingerprint density at radius 1 is 1.22 bits per heavy atom. The summed E-state index contributed by atoms with van der Waals surface area (Å²) in [5.41, 5.74) is 0.711. The Labute approximate surface area is 106 Å². The molecular formula is C15H16F2O. The quantitative estimate of drug-likeness (QED) is 0.784. The summed E-state index contributed by atoms with van der Waals surface area (Å²) in [5, 5.41) is 0. The maximum atomic E-state index is 13.0. The summed E-state index contributed by atoms with van der Waals surface area (Å²) in [6, 6.07) is 3.69. The minimum absolute atomic E-state index is 0.412. The number of rotatable bonds is 4. The van der Waals surface area contributed by atoms with Crippen LogP contribution in [0.15, 0.2) is 42.2 Å². The summed E-state index contributed by atoms with van der Waals surface area (Å²) in [7, 11) is 1.64. The highest BCUT2D eigenvalue weighted by Crippen LogP contribution is 2.22. The number of hydrogen-bond donors (Lipinski definition) is 0. The summed E-state index contributed by atoms with van der Waals surface area (Å²) in [5.74, 6) is 0.273. The number of allylic oxidation sites excluding steroid dienone is 3. The number of ether oxygens (including phenoxy) is 1. The van der Waals surface area contributed by atoms with E-state index in [-0.39, 0.29) is 0 Å². The van der Waals surface area contributed by atoms with Gasteiger partial charge in [-0.1, -0.05) is 6.08 Å². The molecule has 0 N–H and O–H groups in total. The predicted octanol–water partition coefficient (Wildman–Crippen LogP) is 4.00. The van der Waals surface area contributed by atoms with Gasteiger partial charge in [-0.3, -0.25) is 0 Å². The van der Waals surface area contributed by atoms with Crippen molar-refractivity contribution in [2.45, 2.75) is 19.3 Å². The average Bonchev–Trinajstić information content (AvgIpc) is 2.36. The molecule has 1 atom stereocenters. The molecule has 0 saturated heterocycles. The first-order chi connectivity index (χ1) is 8.67. The van der Waals surface area contributed by atoms with Gasteiger partial charge in [-0.25, -0.2) is 8.78 Å². The first-order valence-corrected chi connectivity index (χ1v) is 6.04. The Bertz CT molecular complexity index is 457. The lowest BCUT2D eigenvalue weighted by atomic mass is 9.93. The molecule has 1 aliphatic rings. The summed E-state index contributed by atoms with van der Waals surface area (Å²) in [6.45, 7) is 0. The molecule has 2 rings (SSSR count). The Kier molecular flexibility index (Phi) is 4.13. The second kappa shape index (κ2) is 5.80. The third-order valence-electron chi connectivity index (χ3n) is 3.12. The Hall–Kier alpha value is -1.64. The lowest BCUT2D eigenvalue weighted by Crippen LogP contribution is -2.03. The van der Waals surface area contributed by atoms with E-state index in [2.05, 4.69) is 6.08 Å². The van der Waals surface area contributed by atoms with E-state index in [0.29, 0.717) is 17.9 Å². The van der Waals surface area contributed by atoms with Gasteiger partial charge in [0, 0.05) is 6.07 Å². The van der Waals surface area contributed by atoms with Gasteiger partial charge in [-0.05, 0) is 55.0 Å². The molecular weight excluding hydrogens is 234 g/mol. The summed E-state index contributed by atoms with van der Waals surface area (Å²) in [4.78, 5) is 0. The van der Waals surface area contributed by atoms with Gasteiger partial charge in [0.15, 0.2) is 0 Å². The molecule has 3 heteroatoms. The number of halogens is 2. The summed E-state index contributed by atoms with van der Waals surface area (Å²) in [6.07, 6.45) is 8.55. The highest BCUT2D eigenvalue weighted by molar-refractivity contribution is 5.20. The fraction of sp³-hybridized carbons (Fsp3) is 0.333. The minimum atomic E-state index is -0.509. The van der Waals surface area contributed by atoms with Crippen molar-refractivity contribution >= 4 is 0 Å². The molecule has 96 valence electrons. The van der Waals surface area contributed by atoms with E-state index in [4.69, 9.17) is 4.74 Å². The van der Waals surface area contributed by atoms with Crippen molar-refractivity contribution in [2.24, 2.45) is 5.92 Å². The number of hydrogen-bond acceptors (Lipinski definition) is 1. The molecule has 0 spiro atoms. The summed E-state index contributed by atoms with van der Waals surface area (Å²) >= 11 is 0. The van der Waals surface area contributed by atoms with Gasteiger partial charge in [0.2, 0.25) is 0 Å². The molecule has 0 amide bonds. The van der Waals surface area contributed by atoms with E-state index >= 15 is 0 Å². The molecule has 1 nitrogen and oxygen atoms in total. The Morgan fingerprint density at radius 2 is 1.94 bits per heavy atom. The maximum Gasteiger partial charge on any atom is 0.126 e. The van der Waals surface area contributed by atoms with E-state index in [1.165, 1.54) is 12.1 Å².